The van der Waals surface area contributed by atoms with Gasteiger partial charge < -0.3 is 14.8 Å². The molecule has 3 aromatic rings. The third-order valence-electron chi connectivity index (χ3n) is 5.22. The molecule has 3 aromatic carbocycles. The minimum atomic E-state index is -0.460. The molecule has 0 radical (unpaired) electrons. The molecule has 0 atom stereocenters. The molecule has 0 aliphatic heterocycles. The third-order valence-corrected chi connectivity index (χ3v) is 5.22. The standard InChI is InChI=1S/C28H28N2O3/c1-5-32-27-16-23(11-13-26(27)33-18-22-9-6-19(2)7-10-22)15-24(17-29)28(31)30-25-12-8-20(3)21(4)14-25/h6-16H,5,18H2,1-4H3,(H,30,31)/b24-15-. The number of amides is 1. The number of benzene rings is 3. The van der Waals surface area contributed by atoms with E-state index in [0.29, 0.717) is 36.0 Å². The zero-order chi connectivity index (χ0) is 23.8. The first-order valence-corrected chi connectivity index (χ1v) is 10.8. The Morgan fingerprint density at radius 1 is 0.939 bits per heavy atom. The summed E-state index contributed by atoms with van der Waals surface area (Å²) in [6.45, 7) is 8.80. The lowest BCUT2D eigenvalue weighted by Crippen LogP contribution is -2.13. The Morgan fingerprint density at radius 3 is 2.36 bits per heavy atom. The summed E-state index contributed by atoms with van der Waals surface area (Å²) in [4.78, 5) is 12.6. The highest BCUT2D eigenvalue weighted by Crippen LogP contribution is 2.30. The van der Waals surface area contributed by atoms with Crippen LogP contribution < -0.4 is 14.8 Å². The second-order valence-electron chi connectivity index (χ2n) is 7.84. The van der Waals surface area contributed by atoms with Crippen molar-refractivity contribution in [2.45, 2.75) is 34.3 Å². The van der Waals surface area contributed by atoms with Crippen LogP contribution in [0.25, 0.3) is 6.08 Å². The highest BCUT2D eigenvalue weighted by molar-refractivity contribution is 6.09. The quantitative estimate of drug-likeness (QED) is 0.338. The van der Waals surface area contributed by atoms with E-state index in [1.54, 1.807) is 24.3 Å². The van der Waals surface area contributed by atoms with Gasteiger partial charge in [-0.1, -0.05) is 42.0 Å². The average Bonchev–Trinajstić information content (AvgIpc) is 2.80. The van der Waals surface area contributed by atoms with Gasteiger partial charge >= 0.3 is 0 Å². The number of nitrogens with zero attached hydrogens (tertiary/aromatic N) is 1. The highest BCUT2D eigenvalue weighted by atomic mass is 16.5. The molecule has 0 saturated carbocycles. The first kappa shape index (κ1) is 23.6. The van der Waals surface area contributed by atoms with E-state index in [4.69, 9.17) is 9.47 Å². The Bertz CT molecular complexity index is 1200. The fourth-order valence-electron chi connectivity index (χ4n) is 3.18. The second kappa shape index (κ2) is 11.0. The molecule has 0 aliphatic carbocycles. The molecular formula is C28H28N2O3. The summed E-state index contributed by atoms with van der Waals surface area (Å²) in [6, 6.07) is 21.1. The average molecular weight is 441 g/mol. The van der Waals surface area contributed by atoms with Gasteiger partial charge in [0.2, 0.25) is 0 Å². The smallest absolute Gasteiger partial charge is 0.266 e. The maximum Gasteiger partial charge on any atom is 0.266 e. The molecule has 5 nitrogen and oxygen atoms in total. The van der Waals surface area contributed by atoms with Crippen molar-refractivity contribution in [3.05, 3.63) is 94.1 Å². The summed E-state index contributed by atoms with van der Waals surface area (Å²) in [7, 11) is 0. The highest BCUT2D eigenvalue weighted by Gasteiger charge is 2.12. The number of anilines is 1. The van der Waals surface area contributed by atoms with Gasteiger partial charge in [-0.25, -0.2) is 0 Å². The summed E-state index contributed by atoms with van der Waals surface area (Å²) < 4.78 is 11.7. The van der Waals surface area contributed by atoms with E-state index in [9.17, 15) is 10.1 Å². The molecule has 5 heteroatoms. The third kappa shape index (κ3) is 6.47. The van der Waals surface area contributed by atoms with Crippen molar-refractivity contribution >= 4 is 17.7 Å². The summed E-state index contributed by atoms with van der Waals surface area (Å²) in [6.07, 6.45) is 1.54. The van der Waals surface area contributed by atoms with Crippen LogP contribution in [0.4, 0.5) is 5.69 Å². The number of nitrogens with one attached hydrogen (secondary N) is 1. The van der Waals surface area contributed by atoms with Crippen LogP contribution in [-0.2, 0) is 11.4 Å². The van der Waals surface area contributed by atoms with Crippen molar-refractivity contribution in [2.75, 3.05) is 11.9 Å². The molecule has 0 heterocycles. The number of nitriles is 1. The summed E-state index contributed by atoms with van der Waals surface area (Å²) in [5, 5.41) is 12.3. The number of ether oxygens (including phenoxy) is 2. The molecule has 0 bridgehead atoms. The van der Waals surface area contributed by atoms with E-state index in [0.717, 1.165) is 16.7 Å². The van der Waals surface area contributed by atoms with Gasteiger partial charge in [0.1, 0.15) is 18.2 Å². The molecule has 168 valence electrons. The monoisotopic (exact) mass is 440 g/mol. The molecule has 0 aromatic heterocycles. The predicted molar refractivity (Wildman–Crippen MR) is 131 cm³/mol. The molecule has 0 saturated heterocycles. The molecule has 33 heavy (non-hydrogen) atoms. The Kier molecular flexibility index (Phi) is 7.88. The summed E-state index contributed by atoms with van der Waals surface area (Å²) >= 11 is 0. The van der Waals surface area contributed by atoms with E-state index in [-0.39, 0.29) is 5.57 Å². The lowest BCUT2D eigenvalue weighted by atomic mass is 10.1. The van der Waals surface area contributed by atoms with E-state index in [2.05, 4.69) is 5.32 Å². The molecule has 1 N–H and O–H groups in total. The first-order valence-electron chi connectivity index (χ1n) is 10.8. The minimum Gasteiger partial charge on any atom is -0.490 e. The van der Waals surface area contributed by atoms with Crippen molar-refractivity contribution in [1.29, 1.82) is 5.26 Å². The number of hydrogen-bond donors (Lipinski definition) is 1. The van der Waals surface area contributed by atoms with E-state index in [1.807, 2.05) is 76.2 Å². The van der Waals surface area contributed by atoms with Crippen LogP contribution in [0.1, 0.15) is 34.7 Å². The summed E-state index contributed by atoms with van der Waals surface area (Å²) in [5.41, 5.74) is 5.78. The van der Waals surface area contributed by atoms with Crippen LogP contribution in [-0.4, -0.2) is 12.5 Å². The van der Waals surface area contributed by atoms with Crippen molar-refractivity contribution in [1.82, 2.24) is 0 Å². The maximum absolute atomic E-state index is 12.6. The van der Waals surface area contributed by atoms with Gasteiger partial charge in [0.05, 0.1) is 6.61 Å². The number of carbonyl (C=O) groups is 1. The van der Waals surface area contributed by atoms with Gasteiger partial charge in [-0.15, -0.1) is 0 Å². The molecule has 0 fully saturated rings. The molecule has 3 rings (SSSR count). The maximum atomic E-state index is 12.6. The Morgan fingerprint density at radius 2 is 1.70 bits per heavy atom. The largest absolute Gasteiger partial charge is 0.490 e. The molecule has 0 unspecified atom stereocenters. The zero-order valence-corrected chi connectivity index (χ0v) is 19.4. The van der Waals surface area contributed by atoms with Crippen LogP contribution in [0.5, 0.6) is 11.5 Å². The Hall–Kier alpha value is -4.04. The Balaban J connectivity index is 1.77. The number of hydrogen-bond acceptors (Lipinski definition) is 4. The van der Waals surface area contributed by atoms with Crippen LogP contribution in [0, 0.1) is 32.1 Å². The van der Waals surface area contributed by atoms with Crippen molar-refractivity contribution in [2.24, 2.45) is 0 Å². The van der Waals surface area contributed by atoms with Crippen molar-refractivity contribution in [3.63, 3.8) is 0 Å². The molecule has 1 amide bonds. The normalized spacial score (nSPS) is 10.9. The number of carbonyl (C=O) groups excluding carboxylic acids is 1. The molecular weight excluding hydrogens is 412 g/mol. The first-order chi connectivity index (χ1) is 15.9. The van der Waals surface area contributed by atoms with Gasteiger partial charge in [0.15, 0.2) is 11.5 Å². The zero-order valence-electron chi connectivity index (χ0n) is 19.4. The van der Waals surface area contributed by atoms with Crippen molar-refractivity contribution < 1.29 is 14.3 Å². The van der Waals surface area contributed by atoms with Gasteiger partial charge in [-0.2, -0.15) is 5.26 Å². The van der Waals surface area contributed by atoms with Crippen LogP contribution in [0.3, 0.4) is 0 Å². The van der Waals surface area contributed by atoms with E-state index < -0.39 is 5.91 Å². The lowest BCUT2D eigenvalue weighted by molar-refractivity contribution is -0.112. The fourth-order valence-corrected chi connectivity index (χ4v) is 3.18. The SMILES string of the molecule is CCOc1cc(/C=C(/C#N)C(=O)Nc2ccc(C)c(C)c2)ccc1OCc1ccc(C)cc1. The fraction of sp³-hybridized carbons (Fsp3) is 0.214. The molecule has 0 aliphatic rings. The summed E-state index contributed by atoms with van der Waals surface area (Å²) in [5.74, 6) is 0.705. The van der Waals surface area contributed by atoms with Crippen LogP contribution in [0.15, 0.2) is 66.2 Å². The predicted octanol–water partition coefficient (Wildman–Crippen LogP) is 6.14. The van der Waals surface area contributed by atoms with E-state index in [1.165, 1.54) is 5.56 Å². The second-order valence-corrected chi connectivity index (χ2v) is 7.84. The van der Waals surface area contributed by atoms with E-state index >= 15 is 0 Å². The molecule has 0 spiro atoms. The van der Waals surface area contributed by atoms with Crippen LogP contribution in [0.2, 0.25) is 0 Å². The van der Waals surface area contributed by atoms with Gasteiger partial charge in [0, 0.05) is 5.69 Å². The lowest BCUT2D eigenvalue weighted by Gasteiger charge is -2.13. The minimum absolute atomic E-state index is 0.00370. The number of rotatable bonds is 8. The number of aryl methyl sites for hydroxylation is 3. The van der Waals surface area contributed by atoms with Gasteiger partial charge in [-0.3, -0.25) is 4.79 Å². The van der Waals surface area contributed by atoms with Gasteiger partial charge in [-0.05, 0) is 80.3 Å². The Labute approximate surface area is 195 Å². The topological polar surface area (TPSA) is 71.3 Å². The van der Waals surface area contributed by atoms with Crippen LogP contribution >= 0.6 is 0 Å². The van der Waals surface area contributed by atoms with Crippen molar-refractivity contribution in [3.8, 4) is 17.6 Å². The van der Waals surface area contributed by atoms with Gasteiger partial charge in [0.25, 0.3) is 5.91 Å².